The Morgan fingerprint density at radius 2 is 2.00 bits per heavy atom. The second kappa shape index (κ2) is 5.65. The number of furan rings is 1. The van der Waals surface area contributed by atoms with Crippen molar-refractivity contribution in [3.63, 3.8) is 0 Å². The number of carbonyl (C=O) groups is 1. The van der Waals surface area contributed by atoms with E-state index < -0.39 is 0 Å². The molecule has 0 bridgehead atoms. The molecule has 3 heteroatoms. The molecule has 0 fully saturated rings. The van der Waals surface area contributed by atoms with E-state index >= 15 is 0 Å². The lowest BCUT2D eigenvalue weighted by atomic mass is 10.1. The van der Waals surface area contributed by atoms with E-state index in [1.165, 1.54) is 17.4 Å². The van der Waals surface area contributed by atoms with Crippen molar-refractivity contribution < 1.29 is 9.21 Å². The Balaban J connectivity index is 1.95. The van der Waals surface area contributed by atoms with Crippen LogP contribution in [0.25, 0.3) is 0 Å². The average molecular weight is 243 g/mol. The molecule has 0 unspecified atom stereocenters. The van der Waals surface area contributed by atoms with Gasteiger partial charge < -0.3 is 4.42 Å². The zero-order valence-corrected chi connectivity index (χ0v) is 10.7. The number of hydrogen-bond acceptors (Lipinski definition) is 3. The molecule has 2 rings (SSSR count). The van der Waals surface area contributed by atoms with Crippen molar-refractivity contribution in [3.8, 4) is 0 Å². The monoisotopic (exact) mass is 243 g/mol. The number of hydrogen-bond donors (Lipinski definition) is 0. The minimum absolute atomic E-state index is 0.0103. The van der Waals surface area contributed by atoms with Crippen molar-refractivity contribution in [1.29, 1.82) is 0 Å². The summed E-state index contributed by atoms with van der Waals surface area (Å²) < 4.78 is 5.09. The van der Waals surface area contributed by atoms with Crippen LogP contribution in [-0.4, -0.2) is 24.3 Å². The van der Waals surface area contributed by atoms with Gasteiger partial charge in [-0.3, -0.25) is 9.69 Å². The largest absolute Gasteiger partial charge is 0.461 e. The van der Waals surface area contributed by atoms with Gasteiger partial charge in [0, 0.05) is 6.54 Å². The molecule has 1 heterocycles. The number of Topliss-reactive ketones (excluding diaryl/α,β-unsaturated/α-hetero) is 1. The van der Waals surface area contributed by atoms with Crippen LogP contribution in [0.5, 0.6) is 0 Å². The summed E-state index contributed by atoms with van der Waals surface area (Å²) in [5.74, 6) is 0.433. The van der Waals surface area contributed by atoms with E-state index in [1.54, 1.807) is 12.1 Å². The first-order valence-corrected chi connectivity index (χ1v) is 5.96. The van der Waals surface area contributed by atoms with Crippen LogP contribution in [0, 0.1) is 6.92 Å². The van der Waals surface area contributed by atoms with Gasteiger partial charge in [0.2, 0.25) is 5.78 Å². The molecule has 18 heavy (non-hydrogen) atoms. The van der Waals surface area contributed by atoms with Gasteiger partial charge in [-0.2, -0.15) is 0 Å². The van der Waals surface area contributed by atoms with Crippen molar-refractivity contribution >= 4 is 5.78 Å². The normalized spacial score (nSPS) is 10.8. The van der Waals surface area contributed by atoms with E-state index in [2.05, 4.69) is 19.1 Å². The molecule has 94 valence electrons. The molecular weight excluding hydrogens is 226 g/mol. The fourth-order valence-corrected chi connectivity index (χ4v) is 1.89. The predicted molar refractivity (Wildman–Crippen MR) is 70.6 cm³/mol. The fourth-order valence-electron chi connectivity index (χ4n) is 1.89. The highest BCUT2D eigenvalue weighted by Crippen LogP contribution is 2.10. The summed E-state index contributed by atoms with van der Waals surface area (Å²) in [6, 6.07) is 11.6. The lowest BCUT2D eigenvalue weighted by molar-refractivity contribution is 0.0915. The Morgan fingerprint density at radius 1 is 1.22 bits per heavy atom. The summed E-state index contributed by atoms with van der Waals surface area (Å²) in [7, 11) is 1.94. The van der Waals surface area contributed by atoms with Crippen molar-refractivity contribution in [1.82, 2.24) is 4.90 Å². The maximum Gasteiger partial charge on any atom is 0.211 e. The number of aryl methyl sites for hydroxylation is 1. The number of rotatable bonds is 5. The summed E-state index contributed by atoms with van der Waals surface area (Å²) in [5, 5.41) is 0. The summed E-state index contributed by atoms with van der Waals surface area (Å²) in [4.78, 5) is 13.8. The highest BCUT2D eigenvalue weighted by Gasteiger charge is 2.12. The molecule has 2 aromatic rings. The van der Waals surface area contributed by atoms with Crippen LogP contribution < -0.4 is 0 Å². The molecule has 0 aliphatic rings. The molecule has 0 N–H and O–H groups in total. The molecular formula is C15H17NO2. The van der Waals surface area contributed by atoms with Crippen LogP contribution in [0.15, 0.2) is 47.1 Å². The molecule has 3 nitrogen and oxygen atoms in total. The van der Waals surface area contributed by atoms with Gasteiger partial charge in [0.1, 0.15) is 0 Å². The van der Waals surface area contributed by atoms with E-state index in [4.69, 9.17) is 4.42 Å². The van der Waals surface area contributed by atoms with Crippen LogP contribution in [0.2, 0.25) is 0 Å². The van der Waals surface area contributed by atoms with Crippen molar-refractivity contribution in [2.75, 3.05) is 13.6 Å². The summed E-state index contributed by atoms with van der Waals surface area (Å²) in [6.45, 7) is 3.21. The first kappa shape index (κ1) is 12.6. The highest BCUT2D eigenvalue weighted by atomic mass is 16.3. The molecule has 1 aromatic heterocycles. The second-order valence-corrected chi connectivity index (χ2v) is 4.50. The number of likely N-dealkylation sites (N-methyl/N-ethyl adjacent to an activating group) is 1. The van der Waals surface area contributed by atoms with Crippen molar-refractivity contribution in [2.45, 2.75) is 13.5 Å². The Morgan fingerprint density at radius 3 is 2.67 bits per heavy atom. The minimum Gasteiger partial charge on any atom is -0.461 e. The topological polar surface area (TPSA) is 33.5 Å². The maximum atomic E-state index is 11.9. The Labute approximate surface area is 107 Å². The Hall–Kier alpha value is -1.87. The molecule has 0 aliphatic heterocycles. The lowest BCUT2D eigenvalue weighted by Gasteiger charge is -2.16. The first-order valence-electron chi connectivity index (χ1n) is 5.96. The summed E-state index contributed by atoms with van der Waals surface area (Å²) in [5.41, 5.74) is 2.49. The third kappa shape index (κ3) is 3.08. The van der Waals surface area contributed by atoms with Crippen LogP contribution in [0.4, 0.5) is 0 Å². The van der Waals surface area contributed by atoms with E-state index in [0.29, 0.717) is 12.3 Å². The number of carbonyl (C=O) groups excluding carboxylic acids is 1. The predicted octanol–water partition coefficient (Wildman–Crippen LogP) is 2.90. The lowest BCUT2D eigenvalue weighted by Crippen LogP contribution is -2.25. The molecule has 0 atom stereocenters. The standard InChI is InChI=1S/C15H17NO2/c1-12-6-3-4-7-13(12)10-16(2)11-14(17)15-8-5-9-18-15/h3-9H,10-11H2,1-2H3. The molecule has 1 aromatic carbocycles. The second-order valence-electron chi connectivity index (χ2n) is 4.50. The Kier molecular flexibility index (Phi) is 3.95. The van der Waals surface area contributed by atoms with E-state index in [-0.39, 0.29) is 5.78 Å². The third-order valence-corrected chi connectivity index (χ3v) is 2.91. The molecule has 0 amide bonds. The number of ketones is 1. The SMILES string of the molecule is Cc1ccccc1CN(C)CC(=O)c1ccco1. The zero-order chi connectivity index (χ0) is 13.0. The van der Waals surface area contributed by atoms with E-state index in [9.17, 15) is 4.79 Å². The van der Waals surface area contributed by atoms with Gasteiger partial charge in [-0.1, -0.05) is 24.3 Å². The highest BCUT2D eigenvalue weighted by molar-refractivity contribution is 5.94. The summed E-state index contributed by atoms with van der Waals surface area (Å²) in [6.07, 6.45) is 1.52. The fraction of sp³-hybridized carbons (Fsp3) is 0.267. The van der Waals surface area contributed by atoms with Gasteiger partial charge in [-0.15, -0.1) is 0 Å². The van der Waals surface area contributed by atoms with Gasteiger partial charge in [0.15, 0.2) is 5.76 Å². The van der Waals surface area contributed by atoms with Crippen LogP contribution in [0.3, 0.4) is 0 Å². The quantitative estimate of drug-likeness (QED) is 0.757. The summed E-state index contributed by atoms with van der Waals surface area (Å²) >= 11 is 0. The van der Waals surface area contributed by atoms with Gasteiger partial charge in [0.25, 0.3) is 0 Å². The van der Waals surface area contributed by atoms with Gasteiger partial charge in [0.05, 0.1) is 12.8 Å². The van der Waals surface area contributed by atoms with Gasteiger partial charge in [-0.25, -0.2) is 0 Å². The molecule has 0 spiro atoms. The molecule has 0 radical (unpaired) electrons. The zero-order valence-electron chi connectivity index (χ0n) is 10.7. The average Bonchev–Trinajstić information content (AvgIpc) is 2.85. The maximum absolute atomic E-state index is 11.9. The Bertz CT molecular complexity index is 517. The smallest absolute Gasteiger partial charge is 0.211 e. The van der Waals surface area contributed by atoms with Crippen molar-refractivity contribution in [3.05, 3.63) is 59.5 Å². The molecule has 0 aliphatic carbocycles. The first-order chi connectivity index (χ1) is 8.66. The van der Waals surface area contributed by atoms with Gasteiger partial charge in [-0.05, 0) is 37.2 Å². The number of benzene rings is 1. The third-order valence-electron chi connectivity index (χ3n) is 2.91. The molecule has 0 saturated carbocycles. The van der Waals surface area contributed by atoms with Crippen LogP contribution >= 0.6 is 0 Å². The number of nitrogens with zero attached hydrogens (tertiary/aromatic N) is 1. The van der Waals surface area contributed by atoms with Crippen molar-refractivity contribution in [2.24, 2.45) is 0 Å². The van der Waals surface area contributed by atoms with Crippen LogP contribution in [0.1, 0.15) is 21.7 Å². The van der Waals surface area contributed by atoms with E-state index in [0.717, 1.165) is 6.54 Å². The van der Waals surface area contributed by atoms with Crippen LogP contribution in [-0.2, 0) is 6.54 Å². The van der Waals surface area contributed by atoms with E-state index in [1.807, 2.05) is 24.1 Å². The van der Waals surface area contributed by atoms with Gasteiger partial charge >= 0.3 is 0 Å². The molecule has 0 saturated heterocycles. The minimum atomic E-state index is 0.0103.